The van der Waals surface area contributed by atoms with Gasteiger partial charge in [-0.1, -0.05) is 110 Å². The molecule has 0 saturated carbocycles. The molecule has 24 heteroatoms. The fraction of sp³-hybridized carbons (Fsp3) is 0.730. The highest BCUT2D eigenvalue weighted by Crippen LogP contribution is 2.29. The summed E-state index contributed by atoms with van der Waals surface area (Å²) in [5.41, 5.74) is -0.699. The number of aryl methyl sites for hydroxylation is 1. The molecule has 7 amide bonds. The molecule has 1 rings (SSSR count). The Hall–Kier alpha value is -6.60. The molecule has 0 fully saturated rings. The highest BCUT2D eigenvalue weighted by Gasteiger charge is 2.34. The second-order valence-electron chi connectivity index (χ2n) is 26.5. The number of benzene rings is 1. The van der Waals surface area contributed by atoms with Crippen LogP contribution >= 0.6 is 15.9 Å². The summed E-state index contributed by atoms with van der Waals surface area (Å²) in [6.07, 6.45) is 10.6. The van der Waals surface area contributed by atoms with E-state index in [1.165, 1.54) is 0 Å². The zero-order chi connectivity index (χ0) is 67.5. The van der Waals surface area contributed by atoms with E-state index < -0.39 is 47.0 Å². The number of urea groups is 1. The van der Waals surface area contributed by atoms with E-state index in [-0.39, 0.29) is 103 Å². The summed E-state index contributed by atoms with van der Waals surface area (Å²) < 4.78 is 11.7. The van der Waals surface area contributed by atoms with E-state index in [4.69, 9.17) is 38.2 Å². The molecule has 0 aromatic heterocycles. The Balaban J connectivity index is -0.00000734. The molecule has 0 bridgehead atoms. The van der Waals surface area contributed by atoms with Crippen molar-refractivity contribution in [2.24, 2.45) is 16.2 Å². The lowest BCUT2D eigenvalue weighted by atomic mass is 9.79. The molecule has 4 atom stereocenters. The van der Waals surface area contributed by atoms with Gasteiger partial charge in [0, 0.05) is 55.5 Å². The Morgan fingerprint density at radius 2 is 0.885 bits per heavy atom. The van der Waals surface area contributed by atoms with Crippen molar-refractivity contribution in [1.29, 1.82) is 0 Å². The van der Waals surface area contributed by atoms with Gasteiger partial charge in [-0.15, -0.1) is 0 Å². The van der Waals surface area contributed by atoms with Gasteiger partial charge in [0.05, 0.1) is 6.04 Å². The molecule has 0 aliphatic rings. The van der Waals surface area contributed by atoms with Crippen LogP contribution in [0.25, 0.3) is 0 Å². The second-order valence-corrected chi connectivity index (χ2v) is 27.4. The van der Waals surface area contributed by atoms with Crippen LogP contribution in [0.3, 0.4) is 0 Å². The number of amides is 7. The number of esters is 1. The first-order chi connectivity index (χ1) is 40.3. The van der Waals surface area contributed by atoms with Crippen LogP contribution in [-0.4, -0.2) is 121 Å². The van der Waals surface area contributed by atoms with Crippen molar-refractivity contribution in [1.82, 2.24) is 37.2 Å². The summed E-state index contributed by atoms with van der Waals surface area (Å²) in [5.74, 6) is -3.13. The van der Waals surface area contributed by atoms with Crippen LogP contribution in [-0.2, 0) is 73.4 Å². The monoisotopic (exact) mass is 1290 g/mol. The SMILES string of the molecule is CC(C)(C)CC[C@H](NC(=O)N[C@@H](CCC(=O)NCCCCCCCC(=O)N[C@@H](CCCCNC(=O)OC(C)(C)C)C(=O)N[C@@H](CCCCNC(=O)CCCc1ccc(Br)cc1)C(=O)C(=O)OC(C)(C)C)C(C)(C)C)C(C)(C)C.O=C=O.O=C=O.O=C=O. The van der Waals surface area contributed by atoms with Crippen molar-refractivity contribution in [3.05, 3.63) is 34.3 Å². The Morgan fingerprint density at radius 1 is 0.460 bits per heavy atom. The van der Waals surface area contributed by atoms with Crippen LogP contribution in [0.5, 0.6) is 0 Å². The average molecular weight is 1300 g/mol. The number of nitrogens with one attached hydrogen (secondary N) is 7. The maximum Gasteiger partial charge on any atom is 0.407 e. The van der Waals surface area contributed by atoms with E-state index in [9.17, 15) is 38.4 Å². The normalized spacial score (nSPS) is 12.6. The maximum atomic E-state index is 14.0. The van der Waals surface area contributed by atoms with Crippen LogP contribution in [0.1, 0.15) is 225 Å². The average Bonchev–Trinajstić information content (AvgIpc) is 3.57. The third kappa shape index (κ3) is 50.1. The van der Waals surface area contributed by atoms with Gasteiger partial charge in [-0.05, 0) is 159 Å². The predicted octanol–water partition coefficient (Wildman–Crippen LogP) is 9.08. The molecule has 0 saturated heterocycles. The van der Waals surface area contributed by atoms with Gasteiger partial charge in [0.25, 0.3) is 5.78 Å². The zero-order valence-electron chi connectivity index (χ0n) is 54.6. The molecule has 0 radical (unpaired) electrons. The second kappa shape index (κ2) is 45.6. The number of hydrogen-bond donors (Lipinski definition) is 7. The highest BCUT2D eigenvalue weighted by atomic mass is 79.9. The molecule has 0 heterocycles. The number of hydrogen-bond acceptors (Lipinski definition) is 16. The van der Waals surface area contributed by atoms with E-state index in [1.807, 2.05) is 24.3 Å². The number of carbonyl (C=O) groups is 8. The molecular weight excluding hydrogens is 1190 g/mol. The van der Waals surface area contributed by atoms with Gasteiger partial charge in [-0.2, -0.15) is 28.8 Å². The van der Waals surface area contributed by atoms with Gasteiger partial charge in [-0.3, -0.25) is 24.0 Å². The third-order valence-electron chi connectivity index (χ3n) is 12.9. The molecule has 7 N–H and O–H groups in total. The first kappa shape index (κ1) is 84.6. The van der Waals surface area contributed by atoms with E-state index in [0.29, 0.717) is 64.5 Å². The summed E-state index contributed by atoms with van der Waals surface area (Å²) in [6.45, 7) is 30.6. The topological polar surface area (TPSA) is 342 Å². The van der Waals surface area contributed by atoms with Gasteiger partial charge in [0.2, 0.25) is 23.6 Å². The number of carbonyl (C=O) groups excluding carboxylic acids is 14. The predicted molar refractivity (Wildman–Crippen MR) is 329 cm³/mol. The van der Waals surface area contributed by atoms with Crippen LogP contribution in [0.2, 0.25) is 0 Å². The minimum atomic E-state index is -1.24. The Bertz CT molecular complexity index is 2290. The number of rotatable bonds is 34. The summed E-state index contributed by atoms with van der Waals surface area (Å²) in [5, 5.41) is 20.6. The summed E-state index contributed by atoms with van der Waals surface area (Å²) >= 11 is 3.43. The quantitative estimate of drug-likeness (QED) is 0.0192. The van der Waals surface area contributed by atoms with E-state index in [1.54, 1.807) is 41.5 Å². The van der Waals surface area contributed by atoms with E-state index in [0.717, 1.165) is 55.0 Å². The number of alkyl carbamates (subject to hydrolysis) is 1. The summed E-state index contributed by atoms with van der Waals surface area (Å²) in [6, 6.07) is 5.27. The van der Waals surface area contributed by atoms with Crippen LogP contribution in [0.4, 0.5) is 9.59 Å². The molecule has 23 nitrogen and oxygen atoms in total. The van der Waals surface area contributed by atoms with Crippen molar-refractivity contribution in [2.45, 2.75) is 261 Å². The number of unbranched alkanes of at least 4 members (excludes halogenated alkanes) is 6. The molecule has 1 aromatic rings. The van der Waals surface area contributed by atoms with Gasteiger partial charge < -0.3 is 46.7 Å². The smallest absolute Gasteiger partial charge is 0.407 e. The first-order valence-electron chi connectivity index (χ1n) is 30.0. The summed E-state index contributed by atoms with van der Waals surface area (Å²) in [4.78, 5) is 154. The molecule has 0 unspecified atom stereocenters. The fourth-order valence-electron chi connectivity index (χ4n) is 8.33. The largest absolute Gasteiger partial charge is 0.454 e. The van der Waals surface area contributed by atoms with Crippen molar-refractivity contribution in [3.63, 3.8) is 0 Å². The lowest BCUT2D eigenvalue weighted by Crippen LogP contribution is -2.53. The lowest BCUT2D eigenvalue weighted by molar-refractivity contribution is -0.193. The Morgan fingerprint density at radius 3 is 1.37 bits per heavy atom. The molecule has 87 heavy (non-hydrogen) atoms. The van der Waals surface area contributed by atoms with Crippen molar-refractivity contribution in [2.75, 3.05) is 19.6 Å². The number of ether oxygens (including phenoxy) is 2. The minimum absolute atomic E-state index is 0.000331. The molecule has 1 aromatic carbocycles. The van der Waals surface area contributed by atoms with Gasteiger partial charge in [0.1, 0.15) is 17.2 Å². The third-order valence-corrected chi connectivity index (χ3v) is 13.5. The molecule has 0 aliphatic heterocycles. The fourth-order valence-corrected chi connectivity index (χ4v) is 8.59. The number of halogens is 1. The number of Topliss-reactive ketones (excluding diaryl/α,β-unsaturated/α-hetero) is 1. The zero-order valence-corrected chi connectivity index (χ0v) is 56.2. The molecule has 0 spiro atoms. The lowest BCUT2D eigenvalue weighted by Gasteiger charge is -2.36. The molecular formula is C63H104BrN7O16. The van der Waals surface area contributed by atoms with E-state index >= 15 is 0 Å². The maximum absolute atomic E-state index is 14.0. The molecule has 494 valence electrons. The van der Waals surface area contributed by atoms with Gasteiger partial charge in [-0.25, -0.2) is 14.4 Å². The Kier molecular flexibility index (Phi) is 44.4. The van der Waals surface area contributed by atoms with Gasteiger partial charge >= 0.3 is 36.5 Å². The van der Waals surface area contributed by atoms with E-state index in [2.05, 4.69) is 115 Å². The van der Waals surface area contributed by atoms with Crippen molar-refractivity contribution < 1.29 is 76.6 Å². The minimum Gasteiger partial charge on any atom is -0.454 e. The van der Waals surface area contributed by atoms with Crippen LogP contribution in [0.15, 0.2) is 28.7 Å². The standard InChI is InChI=1S/C60H104BrN7O10.3CO2/c1-56(2,3)38-37-47(58(7,8)9)68-54(75)67-46(57(4,5)6)35-36-49(70)63-39-22-18-16-17-19-29-50(71)65-45(28-21-24-41-64-55(76)78-60(13,14)15)52(73)66-44(51(72)53(74)77-59(10,11)12)27-20-23-40-62-48(69)30-25-26-42-31-33-43(61)34-32-42;3*2-1-3/h31-34,44-47H,16-30,35-41H2,1-15H3,(H,62,69)(H,63,70)(H,64,76)(H,65,71)(H,66,73)(H2,67,68,75);;;/t44-,45-,46-,47-;;;/m0.../s1. The van der Waals surface area contributed by atoms with Crippen molar-refractivity contribution in [3.8, 4) is 0 Å². The summed E-state index contributed by atoms with van der Waals surface area (Å²) in [7, 11) is 0. The van der Waals surface area contributed by atoms with Gasteiger partial charge in [0.15, 0.2) is 0 Å². The van der Waals surface area contributed by atoms with Crippen LogP contribution in [0, 0.1) is 16.2 Å². The number of ketones is 1. The Labute approximate surface area is 524 Å². The molecule has 0 aliphatic carbocycles. The van der Waals surface area contributed by atoms with Crippen molar-refractivity contribution >= 4 is 81.9 Å². The van der Waals surface area contributed by atoms with Crippen LogP contribution < -0.4 is 37.2 Å². The highest BCUT2D eigenvalue weighted by molar-refractivity contribution is 9.10. The first-order valence-corrected chi connectivity index (χ1v) is 30.7.